The van der Waals surface area contributed by atoms with Crippen molar-refractivity contribution in [3.8, 4) is 6.07 Å². The van der Waals surface area contributed by atoms with Crippen LogP contribution in [0.2, 0.25) is 0 Å². The molecule has 0 saturated carbocycles. The molecule has 0 aliphatic carbocycles. The third-order valence-electron chi connectivity index (χ3n) is 1.91. The maximum absolute atomic E-state index is 8.78. The van der Waals surface area contributed by atoms with Crippen LogP contribution in [0.5, 0.6) is 0 Å². The Balaban J connectivity index is 2.66. The first-order valence-corrected chi connectivity index (χ1v) is 5.69. The predicted molar refractivity (Wildman–Crippen MR) is 61.2 cm³/mol. The number of hydrogen-bond donors (Lipinski definition) is 1. The van der Waals surface area contributed by atoms with Crippen LogP contribution in [0, 0.1) is 11.3 Å². The molecular formula is C11H14N2S. The van der Waals surface area contributed by atoms with Crippen molar-refractivity contribution in [1.82, 2.24) is 0 Å². The number of nitrogens with two attached hydrogens (primary N) is 1. The molecular weight excluding hydrogens is 192 g/mol. The van der Waals surface area contributed by atoms with Crippen LogP contribution in [0.25, 0.3) is 0 Å². The van der Waals surface area contributed by atoms with E-state index >= 15 is 0 Å². The summed E-state index contributed by atoms with van der Waals surface area (Å²) in [6.45, 7) is 2.17. The van der Waals surface area contributed by atoms with Gasteiger partial charge in [-0.05, 0) is 30.4 Å². The van der Waals surface area contributed by atoms with E-state index in [1.165, 1.54) is 12.8 Å². The maximum atomic E-state index is 8.78. The number of nitrogen functional groups attached to an aromatic ring is 1. The van der Waals surface area contributed by atoms with E-state index < -0.39 is 0 Å². The molecule has 2 nitrogen and oxygen atoms in total. The van der Waals surface area contributed by atoms with Crippen LogP contribution in [0.4, 0.5) is 5.69 Å². The van der Waals surface area contributed by atoms with E-state index in [9.17, 15) is 0 Å². The molecule has 0 radical (unpaired) electrons. The number of nitrogens with zero attached hydrogens (tertiary/aromatic N) is 1. The minimum Gasteiger partial charge on any atom is -0.398 e. The molecule has 0 fully saturated rings. The fourth-order valence-corrected chi connectivity index (χ4v) is 2.09. The van der Waals surface area contributed by atoms with Gasteiger partial charge in [0.1, 0.15) is 6.07 Å². The Morgan fingerprint density at radius 3 is 2.93 bits per heavy atom. The van der Waals surface area contributed by atoms with Crippen molar-refractivity contribution in [2.24, 2.45) is 0 Å². The molecule has 0 amide bonds. The van der Waals surface area contributed by atoms with E-state index in [4.69, 9.17) is 11.0 Å². The number of anilines is 1. The SMILES string of the molecule is CCCCSc1ccc(N)c(C#N)c1. The molecule has 1 rings (SSSR count). The lowest BCUT2D eigenvalue weighted by Crippen LogP contribution is -1.90. The second kappa shape index (κ2) is 5.56. The van der Waals surface area contributed by atoms with Gasteiger partial charge in [0.15, 0.2) is 0 Å². The molecule has 0 aliphatic rings. The molecule has 2 N–H and O–H groups in total. The number of rotatable bonds is 4. The monoisotopic (exact) mass is 206 g/mol. The van der Waals surface area contributed by atoms with Crippen molar-refractivity contribution in [2.75, 3.05) is 11.5 Å². The highest BCUT2D eigenvalue weighted by molar-refractivity contribution is 7.99. The van der Waals surface area contributed by atoms with Gasteiger partial charge in [-0.2, -0.15) is 5.26 Å². The first-order chi connectivity index (χ1) is 6.77. The molecule has 14 heavy (non-hydrogen) atoms. The summed E-state index contributed by atoms with van der Waals surface area (Å²) < 4.78 is 0. The van der Waals surface area contributed by atoms with Crippen LogP contribution in [0.3, 0.4) is 0 Å². The largest absolute Gasteiger partial charge is 0.398 e. The van der Waals surface area contributed by atoms with Gasteiger partial charge in [-0.15, -0.1) is 11.8 Å². The summed E-state index contributed by atoms with van der Waals surface area (Å²) in [5.74, 6) is 1.10. The fourth-order valence-electron chi connectivity index (χ4n) is 1.06. The Kier molecular flexibility index (Phi) is 4.34. The zero-order chi connectivity index (χ0) is 10.4. The third kappa shape index (κ3) is 2.97. The van der Waals surface area contributed by atoms with Crippen molar-refractivity contribution in [1.29, 1.82) is 5.26 Å². The molecule has 0 atom stereocenters. The van der Waals surface area contributed by atoms with Crippen molar-refractivity contribution >= 4 is 17.4 Å². The molecule has 74 valence electrons. The zero-order valence-corrected chi connectivity index (χ0v) is 9.10. The maximum Gasteiger partial charge on any atom is 0.101 e. The molecule has 0 spiro atoms. The normalized spacial score (nSPS) is 9.71. The van der Waals surface area contributed by atoms with Crippen molar-refractivity contribution in [3.05, 3.63) is 23.8 Å². The van der Waals surface area contributed by atoms with Crippen LogP contribution in [-0.2, 0) is 0 Å². The molecule has 1 aromatic rings. The van der Waals surface area contributed by atoms with E-state index in [1.54, 1.807) is 17.8 Å². The Morgan fingerprint density at radius 2 is 2.29 bits per heavy atom. The third-order valence-corrected chi connectivity index (χ3v) is 2.99. The zero-order valence-electron chi connectivity index (χ0n) is 8.29. The Morgan fingerprint density at radius 1 is 1.50 bits per heavy atom. The van der Waals surface area contributed by atoms with Crippen molar-refractivity contribution < 1.29 is 0 Å². The van der Waals surface area contributed by atoms with Crippen LogP contribution >= 0.6 is 11.8 Å². The van der Waals surface area contributed by atoms with Gasteiger partial charge in [0.05, 0.1) is 5.56 Å². The Bertz CT molecular complexity index is 342. The standard InChI is InChI=1S/C11H14N2S/c1-2-3-6-14-10-4-5-11(13)9(7-10)8-12/h4-5,7H,2-3,6,13H2,1H3. The number of benzene rings is 1. The topological polar surface area (TPSA) is 49.8 Å². The van der Waals surface area contributed by atoms with Crippen molar-refractivity contribution in [2.45, 2.75) is 24.7 Å². The minimum atomic E-state index is 0.562. The minimum absolute atomic E-state index is 0.562. The van der Waals surface area contributed by atoms with Crippen molar-refractivity contribution in [3.63, 3.8) is 0 Å². The average Bonchev–Trinajstić information content (AvgIpc) is 2.21. The summed E-state index contributed by atoms with van der Waals surface area (Å²) in [6, 6.07) is 7.71. The molecule has 1 aromatic carbocycles. The van der Waals surface area contributed by atoms with E-state index in [0.29, 0.717) is 11.3 Å². The first kappa shape index (κ1) is 10.9. The van der Waals surface area contributed by atoms with Crippen LogP contribution < -0.4 is 5.73 Å². The molecule has 0 unspecified atom stereocenters. The highest BCUT2D eigenvalue weighted by atomic mass is 32.2. The summed E-state index contributed by atoms with van der Waals surface area (Å²) in [7, 11) is 0. The second-order valence-electron chi connectivity index (χ2n) is 3.06. The lowest BCUT2D eigenvalue weighted by molar-refractivity contribution is 0.896. The summed E-state index contributed by atoms with van der Waals surface area (Å²) in [5, 5.41) is 8.78. The van der Waals surface area contributed by atoms with Gasteiger partial charge >= 0.3 is 0 Å². The van der Waals surface area contributed by atoms with E-state index in [2.05, 4.69) is 13.0 Å². The number of unbranched alkanes of at least 4 members (excludes halogenated alkanes) is 1. The van der Waals surface area contributed by atoms with Gasteiger partial charge in [-0.25, -0.2) is 0 Å². The van der Waals surface area contributed by atoms with Gasteiger partial charge in [-0.3, -0.25) is 0 Å². The predicted octanol–water partition coefficient (Wildman–Crippen LogP) is 3.03. The summed E-state index contributed by atoms with van der Waals surface area (Å²) in [5.41, 5.74) is 6.76. The summed E-state index contributed by atoms with van der Waals surface area (Å²) in [6.07, 6.45) is 2.41. The lowest BCUT2D eigenvalue weighted by Gasteiger charge is -2.02. The van der Waals surface area contributed by atoms with Gasteiger partial charge in [0.2, 0.25) is 0 Å². The number of hydrogen-bond acceptors (Lipinski definition) is 3. The van der Waals surface area contributed by atoms with E-state index in [1.807, 2.05) is 12.1 Å². The van der Waals surface area contributed by atoms with Gasteiger partial charge in [-0.1, -0.05) is 13.3 Å². The molecule has 0 heterocycles. The van der Waals surface area contributed by atoms with E-state index in [-0.39, 0.29) is 0 Å². The van der Waals surface area contributed by atoms with Gasteiger partial charge < -0.3 is 5.73 Å². The second-order valence-corrected chi connectivity index (χ2v) is 4.23. The van der Waals surface area contributed by atoms with Crippen LogP contribution in [-0.4, -0.2) is 5.75 Å². The lowest BCUT2D eigenvalue weighted by atomic mass is 10.2. The molecule has 0 aliphatic heterocycles. The Labute approximate surface area is 89.1 Å². The average molecular weight is 206 g/mol. The van der Waals surface area contributed by atoms with E-state index in [0.717, 1.165) is 10.6 Å². The highest BCUT2D eigenvalue weighted by Gasteiger charge is 2.00. The molecule has 0 bridgehead atoms. The summed E-state index contributed by atoms with van der Waals surface area (Å²) in [4.78, 5) is 1.13. The highest BCUT2D eigenvalue weighted by Crippen LogP contribution is 2.23. The Hall–Kier alpha value is -1.14. The molecule has 3 heteroatoms. The quantitative estimate of drug-likeness (QED) is 0.468. The molecule has 0 aromatic heterocycles. The van der Waals surface area contributed by atoms with Crippen LogP contribution in [0.15, 0.2) is 23.1 Å². The van der Waals surface area contributed by atoms with Gasteiger partial charge in [0.25, 0.3) is 0 Å². The first-order valence-electron chi connectivity index (χ1n) is 4.70. The number of nitriles is 1. The fraction of sp³-hybridized carbons (Fsp3) is 0.364. The summed E-state index contributed by atoms with van der Waals surface area (Å²) >= 11 is 1.78. The smallest absolute Gasteiger partial charge is 0.101 e. The molecule has 0 saturated heterocycles. The van der Waals surface area contributed by atoms with Crippen LogP contribution in [0.1, 0.15) is 25.3 Å². The number of thioether (sulfide) groups is 1. The van der Waals surface area contributed by atoms with Gasteiger partial charge in [0, 0.05) is 10.6 Å².